The summed E-state index contributed by atoms with van der Waals surface area (Å²) in [5, 5.41) is 6.34. The van der Waals surface area contributed by atoms with E-state index in [1.54, 1.807) is 12.4 Å². The van der Waals surface area contributed by atoms with Crippen molar-refractivity contribution in [1.82, 2.24) is 15.2 Å². The molecule has 1 atom stereocenters. The molecule has 3 rings (SSSR count). The first kappa shape index (κ1) is 17.4. The van der Waals surface area contributed by atoms with Crippen LogP contribution in [0.4, 0.5) is 11.4 Å². The lowest BCUT2D eigenvalue weighted by Crippen LogP contribution is -2.46. The number of carbonyl (C=O) groups excluding carboxylic acids is 1. The van der Waals surface area contributed by atoms with Crippen LogP contribution < -0.4 is 10.6 Å². The molecule has 6 nitrogen and oxygen atoms in total. The second-order valence-electron chi connectivity index (χ2n) is 6.23. The van der Waals surface area contributed by atoms with Gasteiger partial charge in [-0.1, -0.05) is 0 Å². The van der Waals surface area contributed by atoms with Crippen molar-refractivity contribution in [2.45, 2.75) is 13.0 Å². The molecule has 0 aliphatic carbocycles. The van der Waals surface area contributed by atoms with Crippen LogP contribution in [-0.2, 0) is 4.74 Å². The summed E-state index contributed by atoms with van der Waals surface area (Å²) in [6, 6.07) is 11.4. The van der Waals surface area contributed by atoms with Gasteiger partial charge >= 0.3 is 0 Å². The van der Waals surface area contributed by atoms with Crippen molar-refractivity contribution in [3.8, 4) is 0 Å². The fraction of sp³-hybridized carbons (Fsp3) is 0.368. The lowest BCUT2D eigenvalue weighted by molar-refractivity contribution is 0.0342. The summed E-state index contributed by atoms with van der Waals surface area (Å²) in [7, 11) is 0. The van der Waals surface area contributed by atoms with Gasteiger partial charge in [0.2, 0.25) is 0 Å². The Morgan fingerprint density at radius 2 is 1.76 bits per heavy atom. The number of hydrogen-bond acceptors (Lipinski definition) is 5. The van der Waals surface area contributed by atoms with E-state index < -0.39 is 0 Å². The predicted molar refractivity (Wildman–Crippen MR) is 98.1 cm³/mol. The molecule has 1 saturated heterocycles. The van der Waals surface area contributed by atoms with Crippen molar-refractivity contribution in [2.75, 3.05) is 38.2 Å². The highest BCUT2D eigenvalue weighted by Gasteiger charge is 2.15. The van der Waals surface area contributed by atoms with Gasteiger partial charge in [-0.15, -0.1) is 0 Å². The monoisotopic (exact) mass is 340 g/mol. The van der Waals surface area contributed by atoms with E-state index in [0.717, 1.165) is 44.2 Å². The van der Waals surface area contributed by atoms with Gasteiger partial charge in [-0.2, -0.15) is 0 Å². The normalized spacial score (nSPS) is 16.2. The summed E-state index contributed by atoms with van der Waals surface area (Å²) < 4.78 is 5.35. The highest BCUT2D eigenvalue weighted by Crippen LogP contribution is 2.16. The smallest absolute Gasteiger partial charge is 0.251 e. The first-order chi connectivity index (χ1) is 12.2. The molecule has 0 bridgehead atoms. The maximum absolute atomic E-state index is 12.4. The Kier molecular flexibility index (Phi) is 5.98. The SMILES string of the molecule is CC(CN1CCOCC1)NC(=O)c1ccc(Nc2ccncc2)cc1. The summed E-state index contributed by atoms with van der Waals surface area (Å²) in [6.07, 6.45) is 3.47. The second-order valence-corrected chi connectivity index (χ2v) is 6.23. The molecule has 1 aromatic heterocycles. The fourth-order valence-electron chi connectivity index (χ4n) is 2.83. The van der Waals surface area contributed by atoms with Gasteiger partial charge in [-0.25, -0.2) is 0 Å². The Bertz CT molecular complexity index is 670. The van der Waals surface area contributed by atoms with Gasteiger partial charge in [0.25, 0.3) is 5.91 Å². The molecule has 0 spiro atoms. The van der Waals surface area contributed by atoms with Crippen LogP contribution in [-0.4, -0.2) is 54.7 Å². The van der Waals surface area contributed by atoms with Crippen molar-refractivity contribution >= 4 is 17.3 Å². The zero-order valence-corrected chi connectivity index (χ0v) is 14.4. The molecule has 1 aliphatic rings. The van der Waals surface area contributed by atoms with E-state index >= 15 is 0 Å². The molecule has 25 heavy (non-hydrogen) atoms. The Balaban J connectivity index is 1.51. The maximum Gasteiger partial charge on any atom is 0.251 e. The number of benzene rings is 1. The van der Waals surface area contributed by atoms with Gasteiger partial charge in [0.1, 0.15) is 0 Å². The molecule has 1 aliphatic heterocycles. The highest BCUT2D eigenvalue weighted by atomic mass is 16.5. The molecule has 0 radical (unpaired) electrons. The topological polar surface area (TPSA) is 66.5 Å². The van der Waals surface area contributed by atoms with Crippen LogP contribution in [0.15, 0.2) is 48.8 Å². The van der Waals surface area contributed by atoms with Gasteiger partial charge in [-0.3, -0.25) is 14.7 Å². The largest absolute Gasteiger partial charge is 0.379 e. The van der Waals surface area contributed by atoms with Crippen LogP contribution in [0.2, 0.25) is 0 Å². The Labute approximate surface area is 148 Å². The van der Waals surface area contributed by atoms with Crippen LogP contribution in [0.25, 0.3) is 0 Å². The number of nitrogens with zero attached hydrogens (tertiary/aromatic N) is 2. The third-order valence-electron chi connectivity index (χ3n) is 4.13. The summed E-state index contributed by atoms with van der Waals surface area (Å²) >= 11 is 0. The number of pyridine rings is 1. The minimum absolute atomic E-state index is 0.0452. The van der Waals surface area contributed by atoms with Gasteiger partial charge in [-0.05, 0) is 43.3 Å². The van der Waals surface area contributed by atoms with Gasteiger partial charge in [0.15, 0.2) is 0 Å². The van der Waals surface area contributed by atoms with Crippen LogP contribution in [0, 0.1) is 0 Å². The van der Waals surface area contributed by atoms with E-state index in [0.29, 0.717) is 5.56 Å². The molecule has 1 fully saturated rings. The zero-order valence-electron chi connectivity index (χ0n) is 14.4. The maximum atomic E-state index is 12.4. The zero-order chi connectivity index (χ0) is 17.5. The first-order valence-corrected chi connectivity index (χ1v) is 8.59. The molecule has 1 unspecified atom stereocenters. The van der Waals surface area contributed by atoms with E-state index in [1.807, 2.05) is 43.3 Å². The number of amides is 1. The number of ether oxygens (including phenoxy) is 1. The van der Waals surface area contributed by atoms with E-state index in [4.69, 9.17) is 4.74 Å². The number of morpholine rings is 1. The van der Waals surface area contributed by atoms with E-state index in [9.17, 15) is 4.79 Å². The second kappa shape index (κ2) is 8.60. The lowest BCUT2D eigenvalue weighted by Gasteiger charge is -2.29. The molecular weight excluding hydrogens is 316 g/mol. The third-order valence-corrected chi connectivity index (χ3v) is 4.13. The Hall–Kier alpha value is -2.44. The average Bonchev–Trinajstić information content (AvgIpc) is 2.64. The predicted octanol–water partition coefficient (Wildman–Crippen LogP) is 2.28. The van der Waals surface area contributed by atoms with Crippen LogP contribution in [0.1, 0.15) is 17.3 Å². The van der Waals surface area contributed by atoms with Crippen LogP contribution in [0.5, 0.6) is 0 Å². The molecule has 0 saturated carbocycles. The van der Waals surface area contributed by atoms with E-state index in [1.165, 1.54) is 0 Å². The van der Waals surface area contributed by atoms with Crippen molar-refractivity contribution in [3.05, 3.63) is 54.4 Å². The van der Waals surface area contributed by atoms with Gasteiger partial charge < -0.3 is 15.4 Å². The number of anilines is 2. The fourth-order valence-corrected chi connectivity index (χ4v) is 2.83. The third kappa shape index (κ3) is 5.27. The molecule has 132 valence electrons. The molecule has 2 aromatic rings. The average molecular weight is 340 g/mol. The van der Waals surface area contributed by atoms with Crippen molar-refractivity contribution in [3.63, 3.8) is 0 Å². The molecular formula is C19H24N4O2. The van der Waals surface area contributed by atoms with E-state index in [-0.39, 0.29) is 11.9 Å². The minimum atomic E-state index is -0.0452. The standard InChI is InChI=1S/C19H24N4O2/c1-15(14-23-10-12-25-13-11-23)21-19(24)16-2-4-17(5-3-16)22-18-6-8-20-9-7-18/h2-9,15H,10-14H2,1H3,(H,20,22)(H,21,24). The molecule has 2 heterocycles. The summed E-state index contributed by atoms with van der Waals surface area (Å²) in [4.78, 5) is 18.7. The quantitative estimate of drug-likeness (QED) is 0.844. The number of aromatic nitrogens is 1. The number of carbonyl (C=O) groups is 1. The first-order valence-electron chi connectivity index (χ1n) is 8.59. The number of rotatable bonds is 6. The highest BCUT2D eigenvalue weighted by molar-refractivity contribution is 5.94. The van der Waals surface area contributed by atoms with Crippen molar-refractivity contribution in [2.24, 2.45) is 0 Å². The minimum Gasteiger partial charge on any atom is -0.379 e. The van der Waals surface area contributed by atoms with Gasteiger partial charge in [0.05, 0.1) is 13.2 Å². The summed E-state index contributed by atoms with van der Waals surface area (Å²) in [6.45, 7) is 6.27. The van der Waals surface area contributed by atoms with Crippen LogP contribution >= 0.6 is 0 Å². The van der Waals surface area contributed by atoms with E-state index in [2.05, 4.69) is 20.5 Å². The van der Waals surface area contributed by atoms with Crippen molar-refractivity contribution in [1.29, 1.82) is 0 Å². The number of hydrogen-bond donors (Lipinski definition) is 2. The van der Waals surface area contributed by atoms with Crippen molar-refractivity contribution < 1.29 is 9.53 Å². The Morgan fingerprint density at radius 1 is 1.12 bits per heavy atom. The molecule has 1 aromatic carbocycles. The molecule has 2 N–H and O–H groups in total. The summed E-state index contributed by atoms with van der Waals surface area (Å²) in [5.74, 6) is -0.0452. The van der Waals surface area contributed by atoms with Gasteiger partial charge in [0, 0.05) is 55.0 Å². The number of nitrogens with one attached hydrogen (secondary N) is 2. The summed E-state index contributed by atoms with van der Waals surface area (Å²) in [5.41, 5.74) is 2.56. The lowest BCUT2D eigenvalue weighted by atomic mass is 10.1. The molecule has 1 amide bonds. The molecule has 6 heteroatoms. The Morgan fingerprint density at radius 3 is 2.44 bits per heavy atom. The van der Waals surface area contributed by atoms with Crippen LogP contribution in [0.3, 0.4) is 0 Å².